The standard InChI is InChI=1S/C14H17NOS/c16-14(15-10-5-1-2-6-10)12-9-17-13-8-4-3-7-11(12)13/h3-4,7-8,10,12H,1-2,5-6,9H2,(H,15,16). The Hall–Kier alpha value is -0.960. The molecule has 1 fully saturated rings. The monoisotopic (exact) mass is 247 g/mol. The van der Waals surface area contributed by atoms with Crippen LogP contribution < -0.4 is 5.32 Å². The van der Waals surface area contributed by atoms with Crippen LogP contribution in [0.3, 0.4) is 0 Å². The number of rotatable bonds is 2. The molecule has 1 aliphatic heterocycles. The molecule has 90 valence electrons. The van der Waals surface area contributed by atoms with Gasteiger partial charge in [0.05, 0.1) is 5.92 Å². The van der Waals surface area contributed by atoms with Gasteiger partial charge in [0.1, 0.15) is 0 Å². The number of thioether (sulfide) groups is 1. The molecular formula is C14H17NOS. The van der Waals surface area contributed by atoms with Crippen molar-refractivity contribution < 1.29 is 4.79 Å². The summed E-state index contributed by atoms with van der Waals surface area (Å²) in [6.45, 7) is 0. The molecule has 0 radical (unpaired) electrons. The third-order valence-electron chi connectivity index (χ3n) is 3.72. The van der Waals surface area contributed by atoms with E-state index in [-0.39, 0.29) is 11.8 Å². The third-order valence-corrected chi connectivity index (χ3v) is 4.90. The van der Waals surface area contributed by atoms with Crippen molar-refractivity contribution in [3.63, 3.8) is 0 Å². The lowest BCUT2D eigenvalue weighted by Gasteiger charge is -2.16. The predicted molar refractivity (Wildman–Crippen MR) is 70.3 cm³/mol. The fraction of sp³-hybridized carbons (Fsp3) is 0.500. The van der Waals surface area contributed by atoms with Crippen molar-refractivity contribution in [2.45, 2.75) is 42.5 Å². The van der Waals surface area contributed by atoms with Crippen LogP contribution in [-0.4, -0.2) is 17.7 Å². The Kier molecular flexibility index (Phi) is 3.10. The third kappa shape index (κ3) is 2.21. The fourth-order valence-electron chi connectivity index (χ4n) is 2.75. The van der Waals surface area contributed by atoms with E-state index in [9.17, 15) is 4.79 Å². The predicted octanol–water partition coefficient (Wildman–Crippen LogP) is 2.93. The summed E-state index contributed by atoms with van der Waals surface area (Å²) in [6.07, 6.45) is 4.85. The summed E-state index contributed by atoms with van der Waals surface area (Å²) in [5.74, 6) is 1.20. The molecule has 17 heavy (non-hydrogen) atoms. The summed E-state index contributed by atoms with van der Waals surface area (Å²) in [5.41, 5.74) is 1.22. The molecule has 1 aromatic carbocycles. The van der Waals surface area contributed by atoms with Crippen LogP contribution in [0.2, 0.25) is 0 Å². The van der Waals surface area contributed by atoms with Gasteiger partial charge in [-0.25, -0.2) is 0 Å². The Morgan fingerprint density at radius 1 is 1.24 bits per heavy atom. The maximum Gasteiger partial charge on any atom is 0.228 e. The molecule has 0 spiro atoms. The van der Waals surface area contributed by atoms with E-state index in [0.29, 0.717) is 6.04 Å². The largest absolute Gasteiger partial charge is 0.353 e. The van der Waals surface area contributed by atoms with Crippen LogP contribution in [0.4, 0.5) is 0 Å². The molecule has 0 bridgehead atoms. The van der Waals surface area contributed by atoms with Crippen LogP contribution in [0.1, 0.15) is 37.2 Å². The number of amides is 1. The zero-order valence-corrected chi connectivity index (χ0v) is 10.6. The molecule has 2 aliphatic rings. The summed E-state index contributed by atoms with van der Waals surface area (Å²) in [7, 11) is 0. The van der Waals surface area contributed by atoms with Crippen molar-refractivity contribution in [2.24, 2.45) is 0 Å². The van der Waals surface area contributed by atoms with Gasteiger partial charge in [0.2, 0.25) is 5.91 Å². The Bertz CT molecular complexity index is 426. The van der Waals surface area contributed by atoms with E-state index in [1.54, 1.807) is 11.8 Å². The van der Waals surface area contributed by atoms with Crippen LogP contribution in [0.5, 0.6) is 0 Å². The van der Waals surface area contributed by atoms with E-state index in [1.807, 2.05) is 12.1 Å². The number of hydrogen-bond acceptors (Lipinski definition) is 2. The van der Waals surface area contributed by atoms with Gasteiger partial charge in [0, 0.05) is 16.7 Å². The van der Waals surface area contributed by atoms with E-state index in [1.165, 1.54) is 23.3 Å². The van der Waals surface area contributed by atoms with Crippen LogP contribution in [-0.2, 0) is 4.79 Å². The van der Waals surface area contributed by atoms with Gasteiger partial charge < -0.3 is 5.32 Å². The number of benzene rings is 1. The zero-order chi connectivity index (χ0) is 11.7. The Morgan fingerprint density at radius 3 is 2.82 bits per heavy atom. The molecule has 1 saturated carbocycles. The number of fused-ring (bicyclic) bond motifs is 1. The van der Waals surface area contributed by atoms with E-state index < -0.39 is 0 Å². The molecule has 3 heteroatoms. The van der Waals surface area contributed by atoms with Gasteiger partial charge >= 0.3 is 0 Å². The van der Waals surface area contributed by atoms with Crippen molar-refractivity contribution >= 4 is 17.7 Å². The van der Waals surface area contributed by atoms with Crippen molar-refractivity contribution in [3.05, 3.63) is 29.8 Å². The van der Waals surface area contributed by atoms with Crippen LogP contribution >= 0.6 is 11.8 Å². The summed E-state index contributed by atoms with van der Waals surface area (Å²) < 4.78 is 0. The van der Waals surface area contributed by atoms with E-state index in [0.717, 1.165) is 18.6 Å². The van der Waals surface area contributed by atoms with Gasteiger partial charge in [0.25, 0.3) is 0 Å². The molecule has 1 atom stereocenters. The maximum atomic E-state index is 12.2. The number of nitrogens with one attached hydrogen (secondary N) is 1. The Morgan fingerprint density at radius 2 is 2.00 bits per heavy atom. The zero-order valence-electron chi connectivity index (χ0n) is 9.82. The van der Waals surface area contributed by atoms with Crippen LogP contribution in [0.15, 0.2) is 29.2 Å². The highest BCUT2D eigenvalue weighted by Crippen LogP contribution is 2.39. The molecule has 1 N–H and O–H groups in total. The highest BCUT2D eigenvalue weighted by atomic mass is 32.2. The van der Waals surface area contributed by atoms with E-state index >= 15 is 0 Å². The molecule has 0 aromatic heterocycles. The molecule has 1 unspecified atom stereocenters. The van der Waals surface area contributed by atoms with Gasteiger partial charge in [-0.05, 0) is 24.5 Å². The topological polar surface area (TPSA) is 29.1 Å². The molecule has 1 heterocycles. The molecule has 1 aromatic rings. The minimum atomic E-state index is 0.0665. The smallest absolute Gasteiger partial charge is 0.228 e. The minimum absolute atomic E-state index is 0.0665. The summed E-state index contributed by atoms with van der Waals surface area (Å²) in [5, 5.41) is 3.21. The van der Waals surface area contributed by atoms with E-state index in [4.69, 9.17) is 0 Å². The first-order chi connectivity index (χ1) is 8.34. The average Bonchev–Trinajstić information content (AvgIpc) is 2.96. The van der Waals surface area contributed by atoms with Crippen molar-refractivity contribution in [3.8, 4) is 0 Å². The number of carbonyl (C=O) groups excluding carboxylic acids is 1. The van der Waals surface area contributed by atoms with Crippen molar-refractivity contribution in [2.75, 3.05) is 5.75 Å². The van der Waals surface area contributed by atoms with Crippen LogP contribution in [0.25, 0.3) is 0 Å². The highest BCUT2D eigenvalue weighted by molar-refractivity contribution is 7.99. The van der Waals surface area contributed by atoms with Gasteiger partial charge in [-0.2, -0.15) is 0 Å². The Labute approximate surface area is 106 Å². The fourth-order valence-corrected chi connectivity index (χ4v) is 3.98. The molecule has 1 amide bonds. The molecule has 2 nitrogen and oxygen atoms in total. The van der Waals surface area contributed by atoms with Crippen molar-refractivity contribution in [1.82, 2.24) is 5.32 Å². The van der Waals surface area contributed by atoms with Gasteiger partial charge in [-0.15, -0.1) is 11.8 Å². The first-order valence-corrected chi connectivity index (χ1v) is 7.35. The number of hydrogen-bond donors (Lipinski definition) is 1. The second-order valence-electron chi connectivity index (χ2n) is 4.89. The second kappa shape index (κ2) is 4.73. The second-order valence-corrected chi connectivity index (χ2v) is 5.95. The lowest BCUT2D eigenvalue weighted by molar-refractivity contribution is -0.122. The SMILES string of the molecule is O=C(NC1CCCC1)C1CSc2ccccc21. The molecular weight excluding hydrogens is 230 g/mol. The first kappa shape index (κ1) is 11.1. The maximum absolute atomic E-state index is 12.2. The quantitative estimate of drug-likeness (QED) is 0.870. The summed E-state index contributed by atoms with van der Waals surface area (Å²) in [6, 6.07) is 8.71. The lowest BCUT2D eigenvalue weighted by atomic mass is 10.00. The van der Waals surface area contributed by atoms with Crippen molar-refractivity contribution in [1.29, 1.82) is 0 Å². The average molecular weight is 247 g/mol. The molecule has 1 aliphatic carbocycles. The lowest BCUT2D eigenvalue weighted by Crippen LogP contribution is -2.36. The Balaban J connectivity index is 1.71. The van der Waals surface area contributed by atoms with E-state index in [2.05, 4.69) is 17.4 Å². The minimum Gasteiger partial charge on any atom is -0.353 e. The highest BCUT2D eigenvalue weighted by Gasteiger charge is 2.30. The summed E-state index contributed by atoms with van der Waals surface area (Å²) >= 11 is 1.80. The number of carbonyl (C=O) groups is 1. The van der Waals surface area contributed by atoms with Gasteiger partial charge in [-0.1, -0.05) is 31.0 Å². The normalized spacial score (nSPS) is 23.6. The van der Waals surface area contributed by atoms with Gasteiger partial charge in [0.15, 0.2) is 0 Å². The first-order valence-electron chi connectivity index (χ1n) is 6.37. The van der Waals surface area contributed by atoms with Gasteiger partial charge in [-0.3, -0.25) is 4.79 Å². The van der Waals surface area contributed by atoms with Crippen LogP contribution in [0, 0.1) is 0 Å². The molecule has 0 saturated heterocycles. The molecule has 3 rings (SSSR count). The summed E-state index contributed by atoms with van der Waals surface area (Å²) in [4.78, 5) is 13.5.